The Balaban J connectivity index is 1.47. The SMILES string of the molecule is Cc1cccc(F)c1C(=O)N1CCCC(C(=O)Nc2cccc(C(C)(C)C)c2)C1c1ccc(OC2CCCC2)cc1. The molecule has 41 heavy (non-hydrogen) atoms. The van der Waals surface area contributed by atoms with E-state index < -0.39 is 17.8 Å². The minimum atomic E-state index is -0.542. The molecule has 1 heterocycles. The number of carbonyl (C=O) groups is 2. The Bertz CT molecular complexity index is 1370. The van der Waals surface area contributed by atoms with Crippen molar-refractivity contribution in [3.63, 3.8) is 0 Å². The highest BCUT2D eigenvalue weighted by Gasteiger charge is 2.40. The molecule has 0 radical (unpaired) electrons. The van der Waals surface area contributed by atoms with Crippen LogP contribution in [0.25, 0.3) is 0 Å². The molecule has 216 valence electrons. The number of nitrogens with zero attached hydrogens (tertiary/aromatic N) is 1. The summed E-state index contributed by atoms with van der Waals surface area (Å²) < 4.78 is 21.1. The van der Waals surface area contributed by atoms with Crippen molar-refractivity contribution in [1.29, 1.82) is 0 Å². The first kappa shape index (κ1) is 28.8. The van der Waals surface area contributed by atoms with Crippen LogP contribution >= 0.6 is 0 Å². The van der Waals surface area contributed by atoms with Crippen LogP contribution in [0.15, 0.2) is 66.7 Å². The minimum absolute atomic E-state index is 0.0583. The average Bonchev–Trinajstić information content (AvgIpc) is 3.46. The predicted octanol–water partition coefficient (Wildman–Crippen LogP) is 7.99. The quantitative estimate of drug-likeness (QED) is 0.335. The highest BCUT2D eigenvalue weighted by atomic mass is 19.1. The fraction of sp³-hybridized carbons (Fsp3) is 0.429. The van der Waals surface area contributed by atoms with E-state index in [4.69, 9.17) is 4.74 Å². The molecule has 1 saturated heterocycles. The Morgan fingerprint density at radius 2 is 1.63 bits per heavy atom. The lowest BCUT2D eigenvalue weighted by Gasteiger charge is -2.41. The van der Waals surface area contributed by atoms with Crippen molar-refractivity contribution in [3.8, 4) is 5.75 Å². The summed E-state index contributed by atoms with van der Waals surface area (Å²) in [5.41, 5.74) is 3.29. The first-order valence-electron chi connectivity index (χ1n) is 14.9. The highest BCUT2D eigenvalue weighted by molar-refractivity contribution is 5.98. The smallest absolute Gasteiger partial charge is 0.257 e. The Kier molecular flexibility index (Phi) is 8.48. The van der Waals surface area contributed by atoms with E-state index in [-0.39, 0.29) is 28.9 Å². The van der Waals surface area contributed by atoms with Crippen LogP contribution in [0.3, 0.4) is 0 Å². The molecule has 1 aliphatic carbocycles. The topological polar surface area (TPSA) is 58.6 Å². The number of benzene rings is 3. The second kappa shape index (κ2) is 12.1. The largest absolute Gasteiger partial charge is 0.490 e. The molecule has 3 aromatic rings. The Labute approximate surface area is 243 Å². The van der Waals surface area contributed by atoms with E-state index in [2.05, 4.69) is 32.2 Å². The number of nitrogens with one attached hydrogen (secondary N) is 1. The van der Waals surface area contributed by atoms with E-state index in [0.717, 1.165) is 35.4 Å². The first-order chi connectivity index (χ1) is 19.6. The van der Waals surface area contributed by atoms with Gasteiger partial charge in [-0.2, -0.15) is 0 Å². The molecule has 0 bridgehead atoms. The fourth-order valence-electron chi connectivity index (χ4n) is 6.20. The molecule has 0 spiro atoms. The van der Waals surface area contributed by atoms with E-state index in [1.54, 1.807) is 24.0 Å². The van der Waals surface area contributed by atoms with E-state index >= 15 is 0 Å². The van der Waals surface area contributed by atoms with Crippen LogP contribution in [0.4, 0.5) is 10.1 Å². The van der Waals surface area contributed by atoms with Crippen LogP contribution in [0.5, 0.6) is 5.75 Å². The minimum Gasteiger partial charge on any atom is -0.490 e. The molecule has 1 N–H and O–H groups in total. The molecule has 3 aromatic carbocycles. The van der Waals surface area contributed by atoms with Crippen LogP contribution in [0.1, 0.15) is 92.4 Å². The van der Waals surface area contributed by atoms with Gasteiger partial charge in [-0.15, -0.1) is 0 Å². The molecule has 6 heteroatoms. The van der Waals surface area contributed by atoms with Crippen LogP contribution < -0.4 is 10.1 Å². The molecule has 2 fully saturated rings. The molecule has 5 nitrogen and oxygen atoms in total. The summed E-state index contributed by atoms with van der Waals surface area (Å²) >= 11 is 0. The molecular formula is C35H41FN2O3. The molecule has 1 aliphatic heterocycles. The number of carbonyl (C=O) groups excluding carboxylic acids is 2. The van der Waals surface area contributed by atoms with Gasteiger partial charge in [-0.25, -0.2) is 4.39 Å². The molecule has 1 saturated carbocycles. The molecule has 0 aromatic heterocycles. The van der Waals surface area contributed by atoms with Gasteiger partial charge < -0.3 is 15.0 Å². The van der Waals surface area contributed by atoms with E-state index in [0.29, 0.717) is 24.9 Å². The van der Waals surface area contributed by atoms with Gasteiger partial charge >= 0.3 is 0 Å². The maximum absolute atomic E-state index is 15.0. The number of hydrogen-bond acceptors (Lipinski definition) is 3. The van der Waals surface area contributed by atoms with Gasteiger partial charge in [-0.1, -0.05) is 57.2 Å². The third kappa shape index (κ3) is 6.47. The normalized spacial score (nSPS) is 19.7. The summed E-state index contributed by atoms with van der Waals surface area (Å²) in [6.07, 6.45) is 6.01. The number of amides is 2. The lowest BCUT2D eigenvalue weighted by Crippen LogP contribution is -2.46. The van der Waals surface area contributed by atoms with Crippen molar-refractivity contribution in [3.05, 3.63) is 94.8 Å². The van der Waals surface area contributed by atoms with Crippen LogP contribution in [0.2, 0.25) is 0 Å². The molecule has 5 rings (SSSR count). The first-order valence-corrected chi connectivity index (χ1v) is 14.9. The zero-order valence-electron chi connectivity index (χ0n) is 24.6. The van der Waals surface area contributed by atoms with Crippen molar-refractivity contribution < 1.29 is 18.7 Å². The second-order valence-corrected chi connectivity index (χ2v) is 12.5. The van der Waals surface area contributed by atoms with Crippen LogP contribution in [0, 0.1) is 18.7 Å². The number of halogens is 1. The van der Waals surface area contributed by atoms with Crippen LogP contribution in [-0.4, -0.2) is 29.4 Å². The van der Waals surface area contributed by atoms with Gasteiger partial charge in [-0.05, 0) is 97.9 Å². The zero-order valence-corrected chi connectivity index (χ0v) is 24.6. The second-order valence-electron chi connectivity index (χ2n) is 12.5. The number of hydrogen-bond donors (Lipinski definition) is 1. The maximum atomic E-state index is 15.0. The van der Waals surface area contributed by atoms with Crippen molar-refractivity contribution in [2.24, 2.45) is 5.92 Å². The third-order valence-electron chi connectivity index (χ3n) is 8.49. The average molecular weight is 557 g/mol. The number of anilines is 1. The molecule has 2 atom stereocenters. The molecular weight excluding hydrogens is 515 g/mol. The standard InChI is InChI=1S/C35H41FN2O3/c1-23-10-7-16-30(36)31(23)34(40)38-21-9-15-29(33(39)37-26-12-8-11-25(22-26)35(2,3)4)32(38)24-17-19-28(20-18-24)41-27-13-5-6-14-27/h7-8,10-12,16-20,22,27,29,32H,5-6,9,13-15,21H2,1-4H3,(H,37,39). The van der Waals surface area contributed by atoms with E-state index in [1.165, 1.54) is 18.9 Å². The summed E-state index contributed by atoms with van der Waals surface area (Å²) in [5.74, 6) is -0.780. The fourth-order valence-corrected chi connectivity index (χ4v) is 6.20. The summed E-state index contributed by atoms with van der Waals surface area (Å²) in [5, 5.41) is 3.13. The lowest BCUT2D eigenvalue weighted by atomic mass is 9.83. The summed E-state index contributed by atoms with van der Waals surface area (Å²) in [6, 6.07) is 19.8. The van der Waals surface area contributed by atoms with Gasteiger partial charge in [0, 0.05) is 12.2 Å². The van der Waals surface area contributed by atoms with Gasteiger partial charge in [0.25, 0.3) is 5.91 Å². The maximum Gasteiger partial charge on any atom is 0.257 e. The van der Waals surface area contributed by atoms with Gasteiger partial charge in [0.2, 0.25) is 5.91 Å². The number of aryl methyl sites for hydroxylation is 1. The van der Waals surface area contributed by atoms with Crippen molar-refractivity contribution >= 4 is 17.5 Å². The van der Waals surface area contributed by atoms with Crippen LogP contribution in [-0.2, 0) is 10.2 Å². The highest BCUT2D eigenvalue weighted by Crippen LogP contribution is 2.39. The number of rotatable bonds is 6. The van der Waals surface area contributed by atoms with Crippen molar-refractivity contribution in [2.45, 2.75) is 83.8 Å². The van der Waals surface area contributed by atoms with Gasteiger partial charge in [0.15, 0.2) is 0 Å². The van der Waals surface area contributed by atoms with Gasteiger partial charge in [0.05, 0.1) is 23.6 Å². The van der Waals surface area contributed by atoms with Gasteiger partial charge in [0.1, 0.15) is 11.6 Å². The van der Waals surface area contributed by atoms with Crippen molar-refractivity contribution in [2.75, 3.05) is 11.9 Å². The van der Waals surface area contributed by atoms with E-state index in [9.17, 15) is 14.0 Å². The zero-order chi connectivity index (χ0) is 29.1. The summed E-state index contributed by atoms with van der Waals surface area (Å²) in [7, 11) is 0. The third-order valence-corrected chi connectivity index (χ3v) is 8.49. The molecule has 2 amide bonds. The lowest BCUT2D eigenvalue weighted by molar-refractivity contribution is -0.123. The number of ether oxygens (including phenoxy) is 1. The summed E-state index contributed by atoms with van der Waals surface area (Å²) in [4.78, 5) is 29.5. The van der Waals surface area contributed by atoms with Gasteiger partial charge in [-0.3, -0.25) is 9.59 Å². The molecule has 2 unspecified atom stereocenters. The van der Waals surface area contributed by atoms with Crippen molar-refractivity contribution in [1.82, 2.24) is 4.90 Å². The summed E-state index contributed by atoms with van der Waals surface area (Å²) in [6.45, 7) is 8.61. The Morgan fingerprint density at radius 3 is 2.32 bits per heavy atom. The predicted molar refractivity (Wildman–Crippen MR) is 161 cm³/mol. The number of likely N-dealkylation sites (tertiary alicyclic amines) is 1. The Hall–Kier alpha value is -3.67. The Morgan fingerprint density at radius 1 is 0.927 bits per heavy atom. The number of piperidine rings is 1. The van der Waals surface area contributed by atoms with E-state index in [1.807, 2.05) is 42.5 Å². The molecule has 2 aliphatic rings. The monoisotopic (exact) mass is 556 g/mol.